The van der Waals surface area contributed by atoms with Crippen molar-refractivity contribution in [3.63, 3.8) is 0 Å². The third-order valence-corrected chi connectivity index (χ3v) is 4.10. The van der Waals surface area contributed by atoms with Gasteiger partial charge in [0.25, 0.3) is 5.76 Å². The number of halogens is 2. The number of ether oxygens (including phenoxy) is 2. The van der Waals surface area contributed by atoms with Gasteiger partial charge in [0, 0.05) is 23.1 Å². The van der Waals surface area contributed by atoms with Gasteiger partial charge in [-0.25, -0.2) is 0 Å². The number of benzene rings is 2. The van der Waals surface area contributed by atoms with E-state index in [0.29, 0.717) is 40.3 Å². The molecule has 0 saturated heterocycles. The maximum atomic E-state index is 12.4. The van der Waals surface area contributed by atoms with Crippen LogP contribution in [-0.4, -0.2) is 25.9 Å². The van der Waals surface area contributed by atoms with Crippen molar-refractivity contribution < 1.29 is 23.0 Å². The van der Waals surface area contributed by atoms with E-state index in [1.807, 2.05) is 12.1 Å². The predicted molar refractivity (Wildman–Crippen MR) is 94.8 cm³/mol. The quantitative estimate of drug-likeness (QED) is 0.693. The summed E-state index contributed by atoms with van der Waals surface area (Å²) in [5, 5.41) is 2.72. The molecule has 2 aromatic rings. The van der Waals surface area contributed by atoms with Crippen LogP contribution in [0.1, 0.15) is 12.0 Å². The van der Waals surface area contributed by atoms with Crippen LogP contribution in [0.4, 0.5) is 14.5 Å². The molecule has 0 aliphatic rings. The number of amides is 1. The van der Waals surface area contributed by atoms with Crippen LogP contribution in [0, 0.1) is 0 Å². The summed E-state index contributed by atoms with van der Waals surface area (Å²) in [7, 11) is 3.13. The number of aryl methyl sites for hydroxylation is 1. The number of rotatable bonds is 8. The molecule has 0 aliphatic heterocycles. The first-order chi connectivity index (χ1) is 12.0. The Balaban J connectivity index is 1.95. The van der Waals surface area contributed by atoms with E-state index in [0.717, 1.165) is 5.56 Å². The van der Waals surface area contributed by atoms with Crippen LogP contribution in [0.15, 0.2) is 47.4 Å². The monoisotopic (exact) mass is 367 g/mol. The van der Waals surface area contributed by atoms with E-state index in [1.54, 1.807) is 38.5 Å². The fraction of sp³-hybridized carbons (Fsp3) is 0.278. The van der Waals surface area contributed by atoms with Gasteiger partial charge < -0.3 is 14.8 Å². The number of hydrogen-bond donors (Lipinski definition) is 1. The zero-order valence-electron chi connectivity index (χ0n) is 13.9. The first-order valence-corrected chi connectivity index (χ1v) is 8.45. The van der Waals surface area contributed by atoms with Crippen LogP contribution < -0.4 is 14.8 Å². The normalized spacial score (nSPS) is 10.6. The van der Waals surface area contributed by atoms with Crippen LogP contribution in [-0.2, 0) is 11.2 Å². The molecule has 0 unspecified atom stereocenters. The lowest BCUT2D eigenvalue weighted by Gasteiger charge is -2.09. The predicted octanol–water partition coefficient (Wildman–Crippen LogP) is 4.59. The Hall–Kier alpha value is -2.28. The number of carbonyl (C=O) groups excluding carboxylic acids is 1. The van der Waals surface area contributed by atoms with E-state index >= 15 is 0 Å². The zero-order chi connectivity index (χ0) is 18.2. The van der Waals surface area contributed by atoms with Gasteiger partial charge in [-0.3, -0.25) is 4.79 Å². The topological polar surface area (TPSA) is 47.6 Å². The van der Waals surface area contributed by atoms with Gasteiger partial charge in [0.2, 0.25) is 5.91 Å². The third-order valence-electron chi connectivity index (χ3n) is 3.39. The van der Waals surface area contributed by atoms with E-state index < -0.39 is 5.76 Å². The fourth-order valence-electron chi connectivity index (χ4n) is 2.24. The van der Waals surface area contributed by atoms with Gasteiger partial charge in [0.15, 0.2) is 0 Å². The molecule has 0 aliphatic carbocycles. The summed E-state index contributed by atoms with van der Waals surface area (Å²) in [5.74, 6) is -1.37. The second kappa shape index (κ2) is 9.27. The lowest BCUT2D eigenvalue weighted by Crippen LogP contribution is -2.12. The zero-order valence-corrected chi connectivity index (χ0v) is 14.7. The van der Waals surface area contributed by atoms with E-state index in [2.05, 4.69) is 5.32 Å². The Bertz CT molecular complexity index is 703. The number of methoxy groups -OCH3 is 2. The summed E-state index contributed by atoms with van der Waals surface area (Å²) in [6, 6.07) is 11.9. The van der Waals surface area contributed by atoms with Crippen molar-refractivity contribution in [1.29, 1.82) is 0 Å². The Morgan fingerprint density at radius 2 is 1.80 bits per heavy atom. The van der Waals surface area contributed by atoms with E-state index in [4.69, 9.17) is 9.47 Å². The largest absolute Gasteiger partial charge is 0.497 e. The third kappa shape index (κ3) is 6.26. The molecule has 0 aromatic heterocycles. The SMILES string of the molecule is COc1cc(CCC(=O)Nc2cccc(SC(F)F)c2)cc(OC)c1. The van der Waals surface area contributed by atoms with E-state index in [1.165, 1.54) is 6.07 Å². The van der Waals surface area contributed by atoms with Crippen LogP contribution in [0.5, 0.6) is 11.5 Å². The molecule has 0 heterocycles. The minimum Gasteiger partial charge on any atom is -0.497 e. The molecule has 0 saturated carbocycles. The molecule has 0 fully saturated rings. The van der Waals surface area contributed by atoms with Gasteiger partial charge in [-0.1, -0.05) is 17.8 Å². The second-order valence-corrected chi connectivity index (χ2v) is 6.24. The Morgan fingerprint density at radius 1 is 1.12 bits per heavy atom. The summed E-state index contributed by atoms with van der Waals surface area (Å²) in [6.07, 6.45) is 0.757. The maximum Gasteiger partial charge on any atom is 0.288 e. The molecule has 25 heavy (non-hydrogen) atoms. The molecule has 4 nitrogen and oxygen atoms in total. The van der Waals surface area contributed by atoms with Gasteiger partial charge in [-0.05, 0) is 42.3 Å². The second-order valence-electron chi connectivity index (χ2n) is 5.18. The highest BCUT2D eigenvalue weighted by Gasteiger charge is 2.09. The maximum absolute atomic E-state index is 12.4. The van der Waals surface area contributed by atoms with E-state index in [9.17, 15) is 13.6 Å². The van der Waals surface area contributed by atoms with Crippen molar-refractivity contribution in [3.8, 4) is 11.5 Å². The molecular formula is C18H19F2NO3S. The van der Waals surface area contributed by atoms with Crippen molar-refractivity contribution in [2.45, 2.75) is 23.5 Å². The average Bonchev–Trinajstić information content (AvgIpc) is 2.59. The number of nitrogens with one attached hydrogen (secondary N) is 1. The first kappa shape index (κ1) is 19.1. The van der Waals surface area contributed by atoms with Gasteiger partial charge >= 0.3 is 0 Å². The van der Waals surface area contributed by atoms with Crippen LogP contribution in [0.2, 0.25) is 0 Å². The standard InChI is InChI=1S/C18H19F2NO3S/c1-23-14-8-12(9-15(11-14)24-2)6-7-17(22)21-13-4-3-5-16(10-13)25-18(19)20/h3-5,8-11,18H,6-7H2,1-2H3,(H,21,22). The van der Waals surface area contributed by atoms with Crippen molar-refractivity contribution >= 4 is 23.4 Å². The molecule has 0 spiro atoms. The molecule has 134 valence electrons. The molecule has 0 bridgehead atoms. The van der Waals surface area contributed by atoms with Gasteiger partial charge in [-0.2, -0.15) is 8.78 Å². The molecule has 2 aromatic carbocycles. The minimum absolute atomic E-state index is 0.194. The molecule has 2 rings (SSSR count). The van der Waals surface area contributed by atoms with Crippen molar-refractivity contribution in [3.05, 3.63) is 48.0 Å². The van der Waals surface area contributed by atoms with Crippen molar-refractivity contribution in [1.82, 2.24) is 0 Å². The lowest BCUT2D eigenvalue weighted by molar-refractivity contribution is -0.116. The lowest BCUT2D eigenvalue weighted by atomic mass is 10.1. The molecule has 0 atom stereocenters. The highest BCUT2D eigenvalue weighted by molar-refractivity contribution is 7.99. The summed E-state index contributed by atoms with van der Waals surface area (Å²) in [4.78, 5) is 12.5. The molecule has 1 N–H and O–H groups in total. The Kier molecular flexibility index (Phi) is 7.06. The number of hydrogen-bond acceptors (Lipinski definition) is 4. The van der Waals surface area contributed by atoms with Gasteiger partial charge in [0.05, 0.1) is 14.2 Å². The van der Waals surface area contributed by atoms with Gasteiger partial charge in [-0.15, -0.1) is 0 Å². The van der Waals surface area contributed by atoms with Crippen LogP contribution >= 0.6 is 11.8 Å². The first-order valence-electron chi connectivity index (χ1n) is 7.57. The summed E-state index contributed by atoms with van der Waals surface area (Å²) in [5.41, 5.74) is 1.41. The summed E-state index contributed by atoms with van der Waals surface area (Å²) in [6.45, 7) is 0. The van der Waals surface area contributed by atoms with Gasteiger partial charge in [0.1, 0.15) is 11.5 Å². The van der Waals surface area contributed by atoms with Crippen LogP contribution in [0.3, 0.4) is 0 Å². The van der Waals surface area contributed by atoms with Crippen molar-refractivity contribution in [2.24, 2.45) is 0 Å². The Labute approximate surface area is 149 Å². The summed E-state index contributed by atoms with van der Waals surface area (Å²) < 4.78 is 35.2. The highest BCUT2D eigenvalue weighted by Crippen LogP contribution is 2.27. The summed E-state index contributed by atoms with van der Waals surface area (Å²) >= 11 is 0.446. The fourth-order valence-corrected chi connectivity index (χ4v) is 2.80. The van der Waals surface area contributed by atoms with E-state index in [-0.39, 0.29) is 12.3 Å². The molecule has 7 heteroatoms. The number of carbonyl (C=O) groups is 1. The minimum atomic E-state index is -2.49. The smallest absolute Gasteiger partial charge is 0.288 e. The number of anilines is 1. The average molecular weight is 367 g/mol. The molecular weight excluding hydrogens is 348 g/mol. The number of thioether (sulfide) groups is 1. The van der Waals surface area contributed by atoms with Crippen molar-refractivity contribution in [2.75, 3.05) is 19.5 Å². The Morgan fingerprint density at radius 3 is 2.40 bits per heavy atom. The molecule has 0 radical (unpaired) electrons. The highest BCUT2D eigenvalue weighted by atomic mass is 32.2. The van der Waals surface area contributed by atoms with Crippen LogP contribution in [0.25, 0.3) is 0 Å². The molecule has 1 amide bonds. The number of alkyl halides is 2.